The number of nitrogens with one attached hydrogen (secondary N) is 1. The van der Waals surface area contributed by atoms with Gasteiger partial charge in [0.25, 0.3) is 0 Å². The van der Waals surface area contributed by atoms with Gasteiger partial charge < -0.3 is 4.74 Å². The molecule has 1 N–H and O–H groups in total. The van der Waals surface area contributed by atoms with Crippen LogP contribution in [-0.4, -0.2) is 22.9 Å². The number of aromatic nitrogens is 1. The second-order valence-corrected chi connectivity index (χ2v) is 6.74. The molecule has 1 saturated heterocycles. The van der Waals surface area contributed by atoms with Crippen LogP contribution in [0.3, 0.4) is 0 Å². The normalized spacial score (nSPS) is 19.2. The Bertz CT molecular complexity index is 344. The van der Waals surface area contributed by atoms with E-state index in [1.807, 2.05) is 18.3 Å². The van der Waals surface area contributed by atoms with E-state index >= 15 is 0 Å². The molecule has 1 aromatic rings. The number of ether oxygens (including phenoxy) is 1. The topological polar surface area (TPSA) is 34.2 Å². The molecule has 0 spiro atoms. The highest BCUT2D eigenvalue weighted by Crippen LogP contribution is 2.33. The van der Waals surface area contributed by atoms with Gasteiger partial charge in [0.2, 0.25) is 0 Å². The molecule has 2 rings (SSSR count). The van der Waals surface area contributed by atoms with Crippen LogP contribution >= 0.6 is 11.9 Å². The molecule has 0 unspecified atom stereocenters. The van der Waals surface area contributed by atoms with Crippen LogP contribution in [0.15, 0.2) is 24.4 Å². The third-order valence-corrected chi connectivity index (χ3v) is 3.51. The molecule has 1 aliphatic heterocycles. The first-order valence-electron chi connectivity index (χ1n) is 5.46. The average molecular weight is 238 g/mol. The minimum atomic E-state index is -0.0980. The van der Waals surface area contributed by atoms with Crippen molar-refractivity contribution >= 4 is 11.9 Å². The third kappa shape index (κ3) is 2.56. The molecule has 0 saturated carbocycles. The lowest BCUT2D eigenvalue weighted by molar-refractivity contribution is -0.0673. The second kappa shape index (κ2) is 4.35. The van der Waals surface area contributed by atoms with E-state index in [9.17, 15) is 0 Å². The zero-order chi connectivity index (χ0) is 11.6. The Hall–Kier alpha value is -0.580. The van der Waals surface area contributed by atoms with E-state index in [0.29, 0.717) is 13.2 Å². The van der Waals surface area contributed by atoms with Gasteiger partial charge in [-0.15, -0.1) is 0 Å². The van der Waals surface area contributed by atoms with Crippen molar-refractivity contribution in [1.29, 1.82) is 0 Å². The van der Waals surface area contributed by atoms with Crippen molar-refractivity contribution in [2.45, 2.75) is 31.1 Å². The van der Waals surface area contributed by atoms with Crippen molar-refractivity contribution in [1.82, 2.24) is 9.71 Å². The molecule has 2 heterocycles. The molecule has 16 heavy (non-hydrogen) atoms. The number of nitrogens with zero attached hydrogens (tertiary/aromatic N) is 1. The van der Waals surface area contributed by atoms with Gasteiger partial charge in [-0.25, -0.2) is 4.72 Å². The molecule has 0 aromatic carbocycles. The Morgan fingerprint density at radius 3 is 2.56 bits per heavy atom. The fraction of sp³-hybridized carbons (Fsp3) is 0.583. The molecular formula is C12H18N2OS. The molecule has 88 valence electrons. The molecule has 0 radical (unpaired) electrons. The van der Waals surface area contributed by atoms with Crippen molar-refractivity contribution in [3.8, 4) is 0 Å². The van der Waals surface area contributed by atoms with Crippen molar-refractivity contribution < 1.29 is 4.74 Å². The van der Waals surface area contributed by atoms with E-state index < -0.39 is 0 Å². The van der Waals surface area contributed by atoms with Crippen LogP contribution in [0.4, 0.5) is 0 Å². The van der Waals surface area contributed by atoms with Crippen LogP contribution in [0.25, 0.3) is 0 Å². The Morgan fingerprint density at radius 2 is 2.12 bits per heavy atom. The van der Waals surface area contributed by atoms with Gasteiger partial charge in [0.15, 0.2) is 0 Å². The van der Waals surface area contributed by atoms with E-state index in [-0.39, 0.29) is 10.3 Å². The first-order chi connectivity index (χ1) is 7.52. The van der Waals surface area contributed by atoms with Gasteiger partial charge in [-0.2, -0.15) is 0 Å². The summed E-state index contributed by atoms with van der Waals surface area (Å²) in [5.74, 6) is 0. The quantitative estimate of drug-likeness (QED) is 0.820. The molecule has 1 fully saturated rings. The molecule has 0 atom stereocenters. The van der Waals surface area contributed by atoms with Crippen LogP contribution in [0.2, 0.25) is 0 Å². The van der Waals surface area contributed by atoms with Crippen molar-refractivity contribution in [3.63, 3.8) is 0 Å². The van der Waals surface area contributed by atoms with Gasteiger partial charge in [0.05, 0.1) is 18.9 Å². The first kappa shape index (κ1) is 11.9. The standard InChI is InChI=1S/C12H18N2OS/c1-11(2,3)16-14-12(8-15-9-12)10-6-4-5-7-13-10/h4-7,14H,8-9H2,1-3H3. The molecule has 1 aromatic heterocycles. The highest BCUT2D eigenvalue weighted by Gasteiger charge is 2.42. The molecule has 1 aliphatic rings. The minimum absolute atomic E-state index is 0.0980. The lowest BCUT2D eigenvalue weighted by atomic mass is 9.94. The Kier molecular flexibility index (Phi) is 3.24. The van der Waals surface area contributed by atoms with Gasteiger partial charge in [0.1, 0.15) is 5.54 Å². The van der Waals surface area contributed by atoms with Gasteiger partial charge in [-0.1, -0.05) is 18.0 Å². The monoisotopic (exact) mass is 238 g/mol. The van der Waals surface area contributed by atoms with E-state index in [0.717, 1.165) is 5.69 Å². The lowest BCUT2D eigenvalue weighted by Crippen LogP contribution is -2.56. The molecule has 0 aliphatic carbocycles. The van der Waals surface area contributed by atoms with E-state index in [2.05, 4.69) is 36.5 Å². The van der Waals surface area contributed by atoms with Crippen molar-refractivity contribution in [2.24, 2.45) is 0 Å². The smallest absolute Gasteiger partial charge is 0.117 e. The molecular weight excluding hydrogens is 220 g/mol. The van der Waals surface area contributed by atoms with Crippen LogP contribution in [-0.2, 0) is 10.3 Å². The number of hydrogen-bond acceptors (Lipinski definition) is 4. The fourth-order valence-electron chi connectivity index (χ4n) is 1.46. The summed E-state index contributed by atoms with van der Waals surface area (Å²) in [6, 6.07) is 6.01. The summed E-state index contributed by atoms with van der Waals surface area (Å²) in [7, 11) is 0. The van der Waals surface area contributed by atoms with Crippen molar-refractivity contribution in [3.05, 3.63) is 30.1 Å². The zero-order valence-corrected chi connectivity index (χ0v) is 10.8. The van der Waals surface area contributed by atoms with Gasteiger partial charge >= 0.3 is 0 Å². The largest absolute Gasteiger partial charge is 0.377 e. The summed E-state index contributed by atoms with van der Waals surface area (Å²) < 4.78 is 9.05. The molecule has 0 amide bonds. The highest BCUT2D eigenvalue weighted by atomic mass is 32.2. The molecule has 4 heteroatoms. The maximum Gasteiger partial charge on any atom is 0.117 e. The van der Waals surface area contributed by atoms with E-state index in [4.69, 9.17) is 4.74 Å². The summed E-state index contributed by atoms with van der Waals surface area (Å²) in [5.41, 5.74) is 0.970. The zero-order valence-electron chi connectivity index (χ0n) is 9.99. The predicted octanol–water partition coefficient (Wildman–Crippen LogP) is 2.34. The highest BCUT2D eigenvalue weighted by molar-refractivity contribution is 7.98. The Labute approximate surface area is 101 Å². The summed E-state index contributed by atoms with van der Waals surface area (Å²) in [6.07, 6.45) is 1.83. The average Bonchev–Trinajstić information content (AvgIpc) is 2.16. The summed E-state index contributed by atoms with van der Waals surface area (Å²) in [4.78, 5) is 4.42. The maximum atomic E-state index is 5.34. The summed E-state index contributed by atoms with van der Waals surface area (Å²) in [5, 5.41) is 0. The predicted molar refractivity (Wildman–Crippen MR) is 67.2 cm³/mol. The van der Waals surface area contributed by atoms with Crippen molar-refractivity contribution in [2.75, 3.05) is 13.2 Å². The number of hydrogen-bond donors (Lipinski definition) is 1. The first-order valence-corrected chi connectivity index (χ1v) is 6.28. The molecule has 3 nitrogen and oxygen atoms in total. The van der Waals surface area contributed by atoms with Crippen LogP contribution in [0, 0.1) is 0 Å². The Morgan fingerprint density at radius 1 is 1.38 bits per heavy atom. The minimum Gasteiger partial charge on any atom is -0.377 e. The van der Waals surface area contributed by atoms with Gasteiger partial charge in [-0.05, 0) is 32.9 Å². The van der Waals surface area contributed by atoms with Gasteiger partial charge in [-0.3, -0.25) is 4.98 Å². The second-order valence-electron chi connectivity index (χ2n) is 5.11. The van der Waals surface area contributed by atoms with Crippen LogP contribution < -0.4 is 4.72 Å². The fourth-order valence-corrected chi connectivity index (χ4v) is 2.19. The number of rotatable bonds is 3. The maximum absolute atomic E-state index is 5.34. The third-order valence-electron chi connectivity index (χ3n) is 2.40. The SMILES string of the molecule is CC(C)(C)SNC1(c2ccccn2)COC1. The van der Waals surface area contributed by atoms with Crippen LogP contribution in [0.1, 0.15) is 26.5 Å². The number of pyridine rings is 1. The van der Waals surface area contributed by atoms with Crippen LogP contribution in [0.5, 0.6) is 0 Å². The van der Waals surface area contributed by atoms with Gasteiger partial charge in [0, 0.05) is 10.9 Å². The summed E-state index contributed by atoms with van der Waals surface area (Å²) in [6.45, 7) is 7.98. The van der Waals surface area contributed by atoms with E-state index in [1.54, 1.807) is 11.9 Å². The van der Waals surface area contributed by atoms with E-state index in [1.165, 1.54) is 0 Å². The Balaban J connectivity index is 2.09. The molecule has 0 bridgehead atoms. The lowest BCUT2D eigenvalue weighted by Gasteiger charge is -2.42. The summed E-state index contributed by atoms with van der Waals surface area (Å²) >= 11 is 1.74.